The van der Waals surface area contributed by atoms with E-state index in [1.54, 1.807) is 19.2 Å². The van der Waals surface area contributed by atoms with Crippen LogP contribution in [0.15, 0.2) is 40.9 Å². The zero-order valence-electron chi connectivity index (χ0n) is 10.8. The van der Waals surface area contributed by atoms with Gasteiger partial charge in [0.2, 0.25) is 0 Å². The molecule has 0 spiro atoms. The Kier molecular flexibility index (Phi) is 4.98. The number of pyridine rings is 1. The Morgan fingerprint density at radius 2 is 2.05 bits per heavy atom. The molecule has 104 valence electrons. The fourth-order valence-corrected chi connectivity index (χ4v) is 2.26. The first-order valence-corrected chi connectivity index (χ1v) is 7.15. The van der Waals surface area contributed by atoms with Crippen LogP contribution in [0.5, 0.6) is 0 Å². The first kappa shape index (κ1) is 14.8. The SMILES string of the molecule is CNc1ccc(Cl)c(C(=O)NCc2ccccc2Br)n1. The number of amides is 1. The van der Waals surface area contributed by atoms with Crippen molar-refractivity contribution in [3.05, 3.63) is 57.2 Å². The van der Waals surface area contributed by atoms with Crippen molar-refractivity contribution in [3.8, 4) is 0 Å². The molecule has 6 heteroatoms. The molecule has 0 aliphatic heterocycles. The normalized spacial score (nSPS) is 10.2. The van der Waals surface area contributed by atoms with E-state index in [1.807, 2.05) is 24.3 Å². The largest absolute Gasteiger partial charge is 0.373 e. The highest BCUT2D eigenvalue weighted by Crippen LogP contribution is 2.18. The van der Waals surface area contributed by atoms with Crippen molar-refractivity contribution in [1.29, 1.82) is 0 Å². The second-order valence-electron chi connectivity index (χ2n) is 4.05. The minimum atomic E-state index is -0.303. The first-order chi connectivity index (χ1) is 9.61. The number of nitrogens with zero attached hydrogens (tertiary/aromatic N) is 1. The number of carbonyl (C=O) groups is 1. The quantitative estimate of drug-likeness (QED) is 0.884. The Labute approximate surface area is 130 Å². The summed E-state index contributed by atoms with van der Waals surface area (Å²) in [7, 11) is 1.74. The Balaban J connectivity index is 2.11. The lowest BCUT2D eigenvalue weighted by Gasteiger charge is -2.09. The molecule has 2 rings (SSSR count). The van der Waals surface area contributed by atoms with Gasteiger partial charge >= 0.3 is 0 Å². The average Bonchev–Trinajstić information content (AvgIpc) is 2.46. The predicted octanol–water partition coefficient (Wildman–Crippen LogP) is 3.47. The molecule has 2 N–H and O–H groups in total. The summed E-state index contributed by atoms with van der Waals surface area (Å²) in [5, 5.41) is 6.01. The molecule has 0 aliphatic rings. The molecule has 0 saturated heterocycles. The Hall–Kier alpha value is -1.59. The lowest BCUT2D eigenvalue weighted by Crippen LogP contribution is -2.24. The van der Waals surface area contributed by atoms with Crippen LogP contribution in [0.4, 0.5) is 5.82 Å². The van der Waals surface area contributed by atoms with E-state index in [1.165, 1.54) is 0 Å². The van der Waals surface area contributed by atoms with Gasteiger partial charge in [-0.2, -0.15) is 0 Å². The van der Waals surface area contributed by atoms with Gasteiger partial charge in [-0.25, -0.2) is 4.98 Å². The number of hydrogen-bond acceptors (Lipinski definition) is 3. The second-order valence-corrected chi connectivity index (χ2v) is 5.31. The van der Waals surface area contributed by atoms with Crippen LogP contribution in [0.3, 0.4) is 0 Å². The number of hydrogen-bond donors (Lipinski definition) is 2. The number of halogens is 2. The summed E-state index contributed by atoms with van der Waals surface area (Å²) in [6, 6.07) is 11.1. The van der Waals surface area contributed by atoms with Crippen LogP contribution >= 0.6 is 27.5 Å². The summed E-state index contributed by atoms with van der Waals surface area (Å²) >= 11 is 9.44. The summed E-state index contributed by atoms with van der Waals surface area (Å²) in [5.74, 6) is 0.295. The molecule has 0 unspecified atom stereocenters. The summed E-state index contributed by atoms with van der Waals surface area (Å²) in [5.41, 5.74) is 1.20. The fraction of sp³-hybridized carbons (Fsp3) is 0.143. The van der Waals surface area contributed by atoms with Crippen molar-refractivity contribution in [3.63, 3.8) is 0 Å². The average molecular weight is 355 g/mol. The standard InChI is InChI=1S/C14H13BrClN3O/c1-17-12-7-6-11(16)13(19-12)14(20)18-8-9-4-2-3-5-10(9)15/h2-7H,8H2,1H3,(H,17,19)(H,18,20). The van der Waals surface area contributed by atoms with E-state index < -0.39 is 0 Å². The van der Waals surface area contributed by atoms with Gasteiger partial charge in [0.25, 0.3) is 5.91 Å². The lowest BCUT2D eigenvalue weighted by molar-refractivity contribution is 0.0946. The minimum Gasteiger partial charge on any atom is -0.373 e. The van der Waals surface area contributed by atoms with E-state index in [0.717, 1.165) is 10.0 Å². The number of anilines is 1. The van der Waals surface area contributed by atoms with Crippen molar-refractivity contribution in [2.24, 2.45) is 0 Å². The van der Waals surface area contributed by atoms with Gasteiger partial charge in [-0.1, -0.05) is 45.7 Å². The Morgan fingerprint density at radius 1 is 1.30 bits per heavy atom. The van der Waals surface area contributed by atoms with Gasteiger partial charge in [-0.3, -0.25) is 4.79 Å². The lowest BCUT2D eigenvalue weighted by atomic mass is 10.2. The fourth-order valence-electron chi connectivity index (χ4n) is 1.64. The van der Waals surface area contributed by atoms with E-state index in [2.05, 4.69) is 31.5 Å². The third-order valence-corrected chi connectivity index (χ3v) is 3.79. The van der Waals surface area contributed by atoms with Gasteiger partial charge < -0.3 is 10.6 Å². The van der Waals surface area contributed by atoms with E-state index >= 15 is 0 Å². The number of aromatic nitrogens is 1. The molecule has 0 bridgehead atoms. The number of rotatable bonds is 4. The first-order valence-electron chi connectivity index (χ1n) is 5.97. The third-order valence-electron chi connectivity index (χ3n) is 2.71. The molecule has 2 aromatic rings. The van der Waals surface area contributed by atoms with Gasteiger partial charge in [-0.05, 0) is 23.8 Å². The molecule has 0 fully saturated rings. The molecule has 1 aromatic carbocycles. The topological polar surface area (TPSA) is 54.0 Å². The maximum atomic E-state index is 12.1. The van der Waals surface area contributed by atoms with Crippen LogP contribution in [-0.4, -0.2) is 17.9 Å². The van der Waals surface area contributed by atoms with Crippen LogP contribution in [-0.2, 0) is 6.54 Å². The van der Waals surface area contributed by atoms with Crippen molar-refractivity contribution in [1.82, 2.24) is 10.3 Å². The zero-order valence-corrected chi connectivity index (χ0v) is 13.1. The molecule has 0 radical (unpaired) electrons. The van der Waals surface area contributed by atoms with Crippen LogP contribution in [0.25, 0.3) is 0 Å². The smallest absolute Gasteiger partial charge is 0.271 e. The molecule has 1 aromatic heterocycles. The number of nitrogens with one attached hydrogen (secondary N) is 2. The van der Waals surface area contributed by atoms with Crippen molar-refractivity contribution < 1.29 is 4.79 Å². The summed E-state index contributed by atoms with van der Waals surface area (Å²) in [4.78, 5) is 16.3. The molecule has 1 heterocycles. The summed E-state index contributed by atoms with van der Waals surface area (Å²) < 4.78 is 0.948. The van der Waals surface area contributed by atoms with Gasteiger partial charge in [0.1, 0.15) is 11.5 Å². The molecule has 20 heavy (non-hydrogen) atoms. The maximum Gasteiger partial charge on any atom is 0.271 e. The van der Waals surface area contributed by atoms with Crippen molar-refractivity contribution in [2.75, 3.05) is 12.4 Å². The Bertz CT molecular complexity index is 634. The molecular weight excluding hydrogens is 342 g/mol. The molecular formula is C14H13BrClN3O. The highest BCUT2D eigenvalue weighted by Gasteiger charge is 2.13. The highest BCUT2D eigenvalue weighted by molar-refractivity contribution is 9.10. The van der Waals surface area contributed by atoms with Gasteiger partial charge in [0.15, 0.2) is 0 Å². The number of carbonyl (C=O) groups excluding carboxylic acids is 1. The molecule has 1 amide bonds. The van der Waals surface area contributed by atoms with Crippen LogP contribution in [0.2, 0.25) is 5.02 Å². The van der Waals surface area contributed by atoms with Crippen molar-refractivity contribution in [2.45, 2.75) is 6.54 Å². The Morgan fingerprint density at radius 3 is 2.75 bits per heavy atom. The maximum absolute atomic E-state index is 12.1. The van der Waals surface area contributed by atoms with Crippen LogP contribution in [0.1, 0.15) is 16.1 Å². The second kappa shape index (κ2) is 6.72. The minimum absolute atomic E-state index is 0.213. The van der Waals surface area contributed by atoms with E-state index in [4.69, 9.17) is 11.6 Å². The van der Waals surface area contributed by atoms with Crippen molar-refractivity contribution >= 4 is 39.3 Å². The number of benzene rings is 1. The van der Waals surface area contributed by atoms with Crippen LogP contribution < -0.4 is 10.6 Å². The highest BCUT2D eigenvalue weighted by atomic mass is 79.9. The molecule has 4 nitrogen and oxygen atoms in total. The zero-order chi connectivity index (χ0) is 14.5. The van der Waals surface area contributed by atoms with E-state index in [-0.39, 0.29) is 11.6 Å². The summed E-state index contributed by atoms with van der Waals surface area (Å²) in [6.45, 7) is 0.405. The molecule has 0 aliphatic carbocycles. The summed E-state index contributed by atoms with van der Waals surface area (Å²) in [6.07, 6.45) is 0. The molecule has 0 saturated carbocycles. The third kappa shape index (κ3) is 3.49. The van der Waals surface area contributed by atoms with Gasteiger partial charge in [-0.15, -0.1) is 0 Å². The molecule has 0 atom stereocenters. The van der Waals surface area contributed by atoms with Gasteiger partial charge in [0, 0.05) is 18.1 Å². The van der Waals surface area contributed by atoms with Crippen LogP contribution in [0, 0.1) is 0 Å². The van der Waals surface area contributed by atoms with E-state index in [9.17, 15) is 4.79 Å². The van der Waals surface area contributed by atoms with Gasteiger partial charge in [0.05, 0.1) is 5.02 Å². The van der Waals surface area contributed by atoms with E-state index in [0.29, 0.717) is 17.4 Å². The monoisotopic (exact) mass is 353 g/mol. The predicted molar refractivity (Wildman–Crippen MR) is 84.1 cm³/mol.